The van der Waals surface area contributed by atoms with Gasteiger partial charge in [0.25, 0.3) is 10.2 Å². The van der Waals surface area contributed by atoms with Crippen molar-refractivity contribution in [1.29, 1.82) is 5.41 Å². The van der Waals surface area contributed by atoms with Gasteiger partial charge in [-0.2, -0.15) is 17.4 Å². The van der Waals surface area contributed by atoms with Gasteiger partial charge in [-0.1, -0.05) is 0 Å². The Morgan fingerprint density at radius 1 is 1.44 bits per heavy atom. The smallest absolute Gasteiger partial charge is 0.280 e. The third-order valence-electron chi connectivity index (χ3n) is 2.37. The Hall–Kier alpha value is -0.700. The molecule has 0 unspecified atom stereocenters. The zero-order chi connectivity index (χ0) is 12.4. The van der Waals surface area contributed by atoms with Gasteiger partial charge in [0.1, 0.15) is 5.84 Å². The van der Waals surface area contributed by atoms with Crippen LogP contribution in [-0.4, -0.2) is 50.4 Å². The van der Waals surface area contributed by atoms with Crippen molar-refractivity contribution < 1.29 is 13.2 Å². The first-order chi connectivity index (χ1) is 7.26. The first-order valence-corrected chi connectivity index (χ1v) is 6.41. The SMILES string of the molecule is CC(C)(NS(=O)(=O)N1CCOCC1)C(=N)N. The fourth-order valence-corrected chi connectivity index (χ4v) is 2.74. The van der Waals surface area contributed by atoms with Crippen LogP contribution < -0.4 is 10.5 Å². The average molecular weight is 250 g/mol. The summed E-state index contributed by atoms with van der Waals surface area (Å²) in [6.07, 6.45) is 0. The second kappa shape index (κ2) is 4.66. The summed E-state index contributed by atoms with van der Waals surface area (Å²) in [4.78, 5) is 0. The Morgan fingerprint density at radius 2 is 1.94 bits per heavy atom. The summed E-state index contributed by atoms with van der Waals surface area (Å²) in [6.45, 7) is 4.52. The van der Waals surface area contributed by atoms with Gasteiger partial charge in [0.05, 0.1) is 18.8 Å². The van der Waals surface area contributed by atoms with E-state index in [4.69, 9.17) is 15.9 Å². The summed E-state index contributed by atoms with van der Waals surface area (Å²) in [5.74, 6) is -0.218. The molecule has 8 heteroatoms. The highest BCUT2D eigenvalue weighted by molar-refractivity contribution is 7.87. The van der Waals surface area contributed by atoms with E-state index >= 15 is 0 Å². The molecule has 94 valence electrons. The van der Waals surface area contributed by atoms with Crippen LogP contribution in [0.1, 0.15) is 13.8 Å². The second-order valence-corrected chi connectivity index (χ2v) is 5.83. The van der Waals surface area contributed by atoms with Crippen molar-refractivity contribution in [3.05, 3.63) is 0 Å². The largest absolute Gasteiger partial charge is 0.386 e. The highest BCUT2D eigenvalue weighted by Gasteiger charge is 2.32. The molecule has 0 spiro atoms. The van der Waals surface area contributed by atoms with Crippen molar-refractivity contribution in [1.82, 2.24) is 9.03 Å². The maximum atomic E-state index is 11.9. The first kappa shape index (κ1) is 13.4. The second-order valence-electron chi connectivity index (χ2n) is 4.16. The van der Waals surface area contributed by atoms with Crippen LogP contribution in [0.5, 0.6) is 0 Å². The van der Waals surface area contributed by atoms with E-state index in [-0.39, 0.29) is 5.84 Å². The molecule has 1 rings (SSSR count). The number of ether oxygens (including phenoxy) is 1. The van der Waals surface area contributed by atoms with Crippen LogP contribution in [0.15, 0.2) is 0 Å². The lowest BCUT2D eigenvalue weighted by Gasteiger charge is -2.31. The lowest BCUT2D eigenvalue weighted by molar-refractivity contribution is 0.0722. The molecule has 4 N–H and O–H groups in total. The van der Waals surface area contributed by atoms with Gasteiger partial charge in [0.15, 0.2) is 0 Å². The number of nitrogens with two attached hydrogens (primary N) is 1. The van der Waals surface area contributed by atoms with Gasteiger partial charge in [-0.3, -0.25) is 5.41 Å². The molecule has 1 saturated heterocycles. The van der Waals surface area contributed by atoms with Crippen LogP contribution in [0.4, 0.5) is 0 Å². The molecule has 0 amide bonds. The van der Waals surface area contributed by atoms with Crippen molar-refractivity contribution in [2.24, 2.45) is 5.73 Å². The van der Waals surface area contributed by atoms with Crippen molar-refractivity contribution in [3.8, 4) is 0 Å². The summed E-state index contributed by atoms with van der Waals surface area (Å²) in [5.41, 5.74) is 4.25. The Morgan fingerprint density at radius 3 is 2.38 bits per heavy atom. The molecule has 1 aliphatic heterocycles. The van der Waals surface area contributed by atoms with E-state index in [9.17, 15) is 8.42 Å². The van der Waals surface area contributed by atoms with E-state index < -0.39 is 15.7 Å². The molecule has 0 saturated carbocycles. The molecular formula is C8H18N4O3S. The third kappa shape index (κ3) is 3.14. The molecule has 1 heterocycles. The molecule has 0 aromatic carbocycles. The molecule has 0 aromatic rings. The maximum absolute atomic E-state index is 11.9. The van der Waals surface area contributed by atoms with E-state index in [0.29, 0.717) is 26.3 Å². The van der Waals surface area contributed by atoms with Crippen molar-refractivity contribution in [2.75, 3.05) is 26.3 Å². The minimum Gasteiger partial charge on any atom is -0.386 e. The normalized spacial score (nSPS) is 19.6. The van der Waals surface area contributed by atoms with Crippen LogP contribution in [-0.2, 0) is 14.9 Å². The summed E-state index contributed by atoms with van der Waals surface area (Å²) in [6, 6.07) is 0. The van der Waals surface area contributed by atoms with Gasteiger partial charge >= 0.3 is 0 Å². The fourth-order valence-electron chi connectivity index (χ4n) is 1.23. The van der Waals surface area contributed by atoms with Gasteiger partial charge in [-0.25, -0.2) is 0 Å². The molecule has 0 aliphatic carbocycles. The molecule has 0 radical (unpaired) electrons. The van der Waals surface area contributed by atoms with Crippen molar-refractivity contribution >= 4 is 16.0 Å². The van der Waals surface area contributed by atoms with E-state index in [0.717, 1.165) is 0 Å². The van der Waals surface area contributed by atoms with Crippen LogP contribution in [0, 0.1) is 5.41 Å². The Bertz CT molecular complexity index is 359. The Labute approximate surface area is 95.6 Å². The summed E-state index contributed by atoms with van der Waals surface area (Å²) < 4.78 is 32.6. The Balaban J connectivity index is 2.74. The number of hydrogen-bond donors (Lipinski definition) is 3. The number of hydrogen-bond acceptors (Lipinski definition) is 4. The van der Waals surface area contributed by atoms with Crippen LogP contribution in [0.3, 0.4) is 0 Å². The lowest BCUT2D eigenvalue weighted by Crippen LogP contribution is -2.57. The van der Waals surface area contributed by atoms with Gasteiger partial charge in [0, 0.05) is 13.1 Å². The van der Waals surface area contributed by atoms with Crippen molar-refractivity contribution in [3.63, 3.8) is 0 Å². The Kier molecular flexibility index (Phi) is 3.89. The standard InChI is InChI=1S/C8H18N4O3S/c1-8(2,7(9)10)11-16(13,14)12-3-5-15-6-4-12/h11H,3-6H2,1-2H3,(H3,9,10). The topological polar surface area (TPSA) is 109 Å². The van der Waals surface area contributed by atoms with Crippen LogP contribution in [0.25, 0.3) is 0 Å². The monoisotopic (exact) mass is 250 g/mol. The fraction of sp³-hybridized carbons (Fsp3) is 0.875. The van der Waals surface area contributed by atoms with E-state index in [1.54, 1.807) is 13.8 Å². The van der Waals surface area contributed by atoms with Gasteiger partial charge in [-0.15, -0.1) is 0 Å². The van der Waals surface area contributed by atoms with E-state index in [2.05, 4.69) is 4.72 Å². The minimum absolute atomic E-state index is 0.218. The molecule has 16 heavy (non-hydrogen) atoms. The third-order valence-corrected chi connectivity index (χ3v) is 4.18. The molecule has 0 aromatic heterocycles. The first-order valence-electron chi connectivity index (χ1n) is 4.97. The molecule has 0 atom stereocenters. The van der Waals surface area contributed by atoms with Crippen molar-refractivity contribution in [2.45, 2.75) is 19.4 Å². The predicted molar refractivity (Wildman–Crippen MR) is 60.4 cm³/mol. The molecule has 1 aliphatic rings. The quantitative estimate of drug-likeness (QED) is 0.433. The summed E-state index contributed by atoms with van der Waals surface area (Å²) in [5, 5.41) is 7.30. The zero-order valence-electron chi connectivity index (χ0n) is 9.49. The van der Waals surface area contributed by atoms with Gasteiger partial charge in [-0.05, 0) is 13.8 Å². The number of nitrogens with one attached hydrogen (secondary N) is 2. The molecular weight excluding hydrogens is 232 g/mol. The average Bonchev–Trinajstić information content (AvgIpc) is 2.17. The number of nitrogens with zero attached hydrogens (tertiary/aromatic N) is 1. The van der Waals surface area contributed by atoms with Gasteiger partial charge < -0.3 is 10.5 Å². The predicted octanol–water partition coefficient (Wildman–Crippen LogP) is -1.13. The van der Waals surface area contributed by atoms with Crippen LogP contribution >= 0.6 is 0 Å². The number of rotatable bonds is 4. The summed E-state index contributed by atoms with van der Waals surface area (Å²) >= 11 is 0. The highest BCUT2D eigenvalue weighted by atomic mass is 32.2. The lowest BCUT2D eigenvalue weighted by atomic mass is 10.1. The van der Waals surface area contributed by atoms with Gasteiger partial charge in [0.2, 0.25) is 0 Å². The van der Waals surface area contributed by atoms with E-state index in [1.165, 1.54) is 4.31 Å². The van der Waals surface area contributed by atoms with E-state index in [1.807, 2.05) is 0 Å². The number of amidine groups is 1. The zero-order valence-corrected chi connectivity index (χ0v) is 10.3. The molecule has 1 fully saturated rings. The number of morpholine rings is 1. The summed E-state index contributed by atoms with van der Waals surface area (Å²) in [7, 11) is -3.60. The van der Waals surface area contributed by atoms with Crippen LogP contribution in [0.2, 0.25) is 0 Å². The molecule has 7 nitrogen and oxygen atoms in total. The molecule has 0 bridgehead atoms. The minimum atomic E-state index is -3.60. The highest BCUT2D eigenvalue weighted by Crippen LogP contribution is 2.09. The maximum Gasteiger partial charge on any atom is 0.280 e.